The summed E-state index contributed by atoms with van der Waals surface area (Å²) in [6.45, 7) is 5.69. The van der Waals surface area contributed by atoms with Crippen LogP contribution in [0.25, 0.3) is 0 Å². The van der Waals surface area contributed by atoms with Gasteiger partial charge in [0.25, 0.3) is 0 Å². The number of ketones is 1. The largest absolute Gasteiger partial charge is 0.466 e. The fourth-order valence-corrected chi connectivity index (χ4v) is 1.73. The molecule has 0 aromatic heterocycles. The Morgan fingerprint density at radius 2 is 1.88 bits per heavy atom. The summed E-state index contributed by atoms with van der Waals surface area (Å²) in [5.41, 5.74) is 2.89. The molecule has 0 N–H and O–H groups in total. The van der Waals surface area contributed by atoms with E-state index in [1.807, 2.05) is 25.1 Å². The summed E-state index contributed by atoms with van der Waals surface area (Å²) in [4.78, 5) is 22.6. The summed E-state index contributed by atoms with van der Waals surface area (Å²) < 4.78 is 4.91. The number of Topliss-reactive ketones (excluding diaryl/α,β-unsaturated/α-hetero) is 1. The number of esters is 1. The van der Waals surface area contributed by atoms with Gasteiger partial charge in [-0.2, -0.15) is 0 Å². The lowest BCUT2D eigenvalue weighted by atomic mass is 9.98. The number of aryl methyl sites for hydroxylation is 1. The number of carbonyl (C=O) groups is 2. The Bertz CT molecular complexity index is 421. The standard InChI is InChI=1S/C14H18O3/c1-4-17-14(16)9-12-6-5-10(2)7-13(12)8-11(3)15/h5-7H,4,8-9H2,1-3H3. The van der Waals surface area contributed by atoms with Crippen molar-refractivity contribution in [3.8, 4) is 0 Å². The first kappa shape index (κ1) is 13.4. The maximum atomic E-state index is 11.4. The molecule has 1 rings (SSSR count). The number of rotatable bonds is 5. The third-order valence-corrected chi connectivity index (χ3v) is 2.44. The van der Waals surface area contributed by atoms with Crippen LogP contribution in [0.2, 0.25) is 0 Å². The predicted molar refractivity (Wildman–Crippen MR) is 65.9 cm³/mol. The van der Waals surface area contributed by atoms with E-state index in [9.17, 15) is 9.59 Å². The second kappa shape index (κ2) is 6.18. The number of hydrogen-bond donors (Lipinski definition) is 0. The molecule has 17 heavy (non-hydrogen) atoms. The number of carbonyl (C=O) groups excluding carboxylic acids is 2. The molecule has 92 valence electrons. The molecule has 1 aromatic rings. The topological polar surface area (TPSA) is 43.4 Å². The van der Waals surface area contributed by atoms with Crippen molar-refractivity contribution in [2.45, 2.75) is 33.6 Å². The van der Waals surface area contributed by atoms with Crippen LogP contribution in [-0.2, 0) is 27.2 Å². The van der Waals surface area contributed by atoms with Crippen LogP contribution in [-0.4, -0.2) is 18.4 Å². The summed E-state index contributed by atoms with van der Waals surface area (Å²) >= 11 is 0. The van der Waals surface area contributed by atoms with Crippen LogP contribution in [0.5, 0.6) is 0 Å². The van der Waals surface area contributed by atoms with Gasteiger partial charge in [-0.3, -0.25) is 9.59 Å². The van der Waals surface area contributed by atoms with Gasteiger partial charge in [-0.15, -0.1) is 0 Å². The predicted octanol–water partition coefficient (Wildman–Crippen LogP) is 2.23. The fraction of sp³-hybridized carbons (Fsp3) is 0.429. The van der Waals surface area contributed by atoms with Crippen LogP contribution < -0.4 is 0 Å². The maximum Gasteiger partial charge on any atom is 0.310 e. The van der Waals surface area contributed by atoms with Crippen LogP contribution in [0, 0.1) is 6.92 Å². The molecule has 0 unspecified atom stereocenters. The number of ether oxygens (including phenoxy) is 1. The van der Waals surface area contributed by atoms with Crippen molar-refractivity contribution in [3.63, 3.8) is 0 Å². The molecule has 0 radical (unpaired) electrons. The summed E-state index contributed by atoms with van der Waals surface area (Å²) in [5, 5.41) is 0. The van der Waals surface area contributed by atoms with Gasteiger partial charge in [-0.25, -0.2) is 0 Å². The number of hydrogen-bond acceptors (Lipinski definition) is 3. The molecule has 3 heteroatoms. The number of benzene rings is 1. The van der Waals surface area contributed by atoms with E-state index in [1.54, 1.807) is 13.8 Å². The van der Waals surface area contributed by atoms with E-state index >= 15 is 0 Å². The molecule has 0 fully saturated rings. The normalized spacial score (nSPS) is 10.1. The third-order valence-electron chi connectivity index (χ3n) is 2.44. The van der Waals surface area contributed by atoms with Crippen LogP contribution in [0.3, 0.4) is 0 Å². The van der Waals surface area contributed by atoms with E-state index in [0.717, 1.165) is 16.7 Å². The SMILES string of the molecule is CCOC(=O)Cc1ccc(C)cc1CC(C)=O. The zero-order chi connectivity index (χ0) is 12.8. The molecule has 3 nitrogen and oxygen atoms in total. The Morgan fingerprint density at radius 1 is 1.18 bits per heavy atom. The summed E-state index contributed by atoms with van der Waals surface area (Å²) in [6.07, 6.45) is 0.604. The van der Waals surface area contributed by atoms with Crippen molar-refractivity contribution in [2.75, 3.05) is 6.61 Å². The Kier molecular flexibility index (Phi) is 4.88. The molecule has 0 aliphatic heterocycles. The minimum atomic E-state index is -0.249. The van der Waals surface area contributed by atoms with Crippen LogP contribution in [0.1, 0.15) is 30.5 Å². The minimum Gasteiger partial charge on any atom is -0.466 e. The van der Waals surface area contributed by atoms with E-state index in [2.05, 4.69) is 0 Å². The van der Waals surface area contributed by atoms with E-state index in [1.165, 1.54) is 0 Å². The van der Waals surface area contributed by atoms with Crippen LogP contribution >= 0.6 is 0 Å². The molecular formula is C14H18O3. The van der Waals surface area contributed by atoms with Crippen molar-refractivity contribution < 1.29 is 14.3 Å². The molecule has 0 heterocycles. The third kappa shape index (κ3) is 4.39. The Morgan fingerprint density at radius 3 is 2.47 bits per heavy atom. The first-order chi connectivity index (χ1) is 8.02. The summed E-state index contributed by atoms with van der Waals surface area (Å²) in [6, 6.07) is 5.79. The molecule has 1 aromatic carbocycles. The first-order valence-corrected chi connectivity index (χ1v) is 5.76. The lowest BCUT2D eigenvalue weighted by Gasteiger charge is -2.09. The van der Waals surface area contributed by atoms with Crippen molar-refractivity contribution in [1.29, 1.82) is 0 Å². The lowest BCUT2D eigenvalue weighted by Crippen LogP contribution is -2.10. The van der Waals surface area contributed by atoms with Crippen molar-refractivity contribution in [3.05, 3.63) is 34.9 Å². The molecule has 0 aliphatic rings. The van der Waals surface area contributed by atoms with Gasteiger partial charge >= 0.3 is 5.97 Å². The van der Waals surface area contributed by atoms with E-state index in [-0.39, 0.29) is 18.2 Å². The fourth-order valence-electron chi connectivity index (χ4n) is 1.73. The highest BCUT2D eigenvalue weighted by Gasteiger charge is 2.10. The van der Waals surface area contributed by atoms with Gasteiger partial charge in [0.15, 0.2) is 0 Å². The van der Waals surface area contributed by atoms with Crippen LogP contribution in [0.4, 0.5) is 0 Å². The Balaban J connectivity index is 2.89. The van der Waals surface area contributed by atoms with Crippen molar-refractivity contribution in [1.82, 2.24) is 0 Å². The molecule has 0 spiro atoms. The summed E-state index contributed by atoms with van der Waals surface area (Å²) in [7, 11) is 0. The molecule has 0 saturated carbocycles. The molecule has 0 saturated heterocycles. The van der Waals surface area contributed by atoms with Gasteiger partial charge in [-0.1, -0.05) is 23.8 Å². The molecule has 0 bridgehead atoms. The van der Waals surface area contributed by atoms with E-state index in [0.29, 0.717) is 13.0 Å². The highest BCUT2D eigenvalue weighted by Crippen LogP contribution is 2.14. The average Bonchev–Trinajstić information content (AvgIpc) is 2.21. The van der Waals surface area contributed by atoms with Gasteiger partial charge in [0.05, 0.1) is 13.0 Å². The highest BCUT2D eigenvalue weighted by atomic mass is 16.5. The molecule has 0 atom stereocenters. The monoisotopic (exact) mass is 234 g/mol. The highest BCUT2D eigenvalue weighted by molar-refractivity contribution is 5.80. The molecule has 0 aliphatic carbocycles. The molecule has 0 amide bonds. The Hall–Kier alpha value is -1.64. The maximum absolute atomic E-state index is 11.4. The van der Waals surface area contributed by atoms with Crippen molar-refractivity contribution in [2.24, 2.45) is 0 Å². The van der Waals surface area contributed by atoms with Gasteiger partial charge < -0.3 is 4.74 Å². The molecular weight excluding hydrogens is 216 g/mol. The zero-order valence-electron chi connectivity index (χ0n) is 10.6. The van der Waals surface area contributed by atoms with Gasteiger partial charge in [-0.05, 0) is 31.9 Å². The Labute approximate surface area is 102 Å². The minimum absolute atomic E-state index is 0.0979. The van der Waals surface area contributed by atoms with Gasteiger partial charge in [0.1, 0.15) is 5.78 Å². The van der Waals surface area contributed by atoms with Crippen LogP contribution in [0.15, 0.2) is 18.2 Å². The second-order valence-electron chi connectivity index (χ2n) is 4.13. The van der Waals surface area contributed by atoms with E-state index < -0.39 is 0 Å². The first-order valence-electron chi connectivity index (χ1n) is 5.76. The summed E-state index contributed by atoms with van der Waals surface area (Å²) in [5.74, 6) is -0.151. The van der Waals surface area contributed by atoms with Crippen molar-refractivity contribution >= 4 is 11.8 Å². The smallest absolute Gasteiger partial charge is 0.310 e. The lowest BCUT2D eigenvalue weighted by molar-refractivity contribution is -0.142. The zero-order valence-corrected chi connectivity index (χ0v) is 10.6. The average molecular weight is 234 g/mol. The van der Waals surface area contributed by atoms with Gasteiger partial charge in [0, 0.05) is 6.42 Å². The van der Waals surface area contributed by atoms with E-state index in [4.69, 9.17) is 4.74 Å². The second-order valence-corrected chi connectivity index (χ2v) is 4.13. The van der Waals surface area contributed by atoms with Gasteiger partial charge in [0.2, 0.25) is 0 Å². The quantitative estimate of drug-likeness (QED) is 0.734.